The minimum Gasteiger partial charge on any atom is -0.494 e. The van der Waals surface area contributed by atoms with Gasteiger partial charge in [-0.25, -0.2) is 0 Å². The molecule has 3 heteroatoms. The van der Waals surface area contributed by atoms with Crippen LogP contribution in [0.2, 0.25) is 0 Å². The van der Waals surface area contributed by atoms with E-state index in [9.17, 15) is 0 Å². The molecule has 1 fully saturated rings. The molecule has 0 amide bonds. The number of hydrogen-bond donors (Lipinski definition) is 1. The highest BCUT2D eigenvalue weighted by atomic mass is 16.5. The zero-order valence-corrected chi connectivity index (χ0v) is 8.54. The standard InChI is InChI=1S/C11H15NO2/c1-12-10-6-5-9(7-11(10)13-2)14-8-3-4-8/h5-8,12H,3-4H2,1-2H3. The largest absolute Gasteiger partial charge is 0.494 e. The molecule has 14 heavy (non-hydrogen) atoms. The van der Waals surface area contributed by atoms with E-state index in [1.54, 1.807) is 7.11 Å². The number of ether oxygens (including phenoxy) is 2. The lowest BCUT2D eigenvalue weighted by Gasteiger charge is -2.10. The molecule has 1 aromatic carbocycles. The van der Waals surface area contributed by atoms with E-state index in [0.29, 0.717) is 6.10 Å². The van der Waals surface area contributed by atoms with E-state index >= 15 is 0 Å². The van der Waals surface area contributed by atoms with Gasteiger partial charge in [0.1, 0.15) is 11.5 Å². The monoisotopic (exact) mass is 193 g/mol. The van der Waals surface area contributed by atoms with Crippen molar-refractivity contribution >= 4 is 5.69 Å². The molecule has 0 bridgehead atoms. The Balaban J connectivity index is 2.16. The van der Waals surface area contributed by atoms with Crippen LogP contribution in [0.25, 0.3) is 0 Å². The van der Waals surface area contributed by atoms with Gasteiger partial charge in [-0.05, 0) is 25.0 Å². The Hall–Kier alpha value is -1.38. The summed E-state index contributed by atoms with van der Waals surface area (Å²) in [6, 6.07) is 5.85. The van der Waals surface area contributed by atoms with Gasteiger partial charge in [0, 0.05) is 13.1 Å². The average molecular weight is 193 g/mol. The molecule has 0 aromatic heterocycles. The molecule has 0 radical (unpaired) electrons. The second kappa shape index (κ2) is 3.78. The summed E-state index contributed by atoms with van der Waals surface area (Å²) in [4.78, 5) is 0. The maximum atomic E-state index is 5.66. The predicted octanol–water partition coefficient (Wildman–Crippen LogP) is 2.28. The van der Waals surface area contributed by atoms with E-state index in [4.69, 9.17) is 9.47 Å². The molecule has 1 saturated carbocycles. The zero-order valence-electron chi connectivity index (χ0n) is 8.54. The van der Waals surface area contributed by atoms with E-state index in [2.05, 4.69) is 5.32 Å². The SMILES string of the molecule is CNc1ccc(OC2CC2)cc1OC. The number of anilines is 1. The second-order valence-electron chi connectivity index (χ2n) is 3.43. The van der Waals surface area contributed by atoms with Gasteiger partial charge >= 0.3 is 0 Å². The molecule has 1 aromatic rings. The van der Waals surface area contributed by atoms with Crippen LogP contribution < -0.4 is 14.8 Å². The minimum absolute atomic E-state index is 0.431. The summed E-state index contributed by atoms with van der Waals surface area (Å²) in [6.07, 6.45) is 2.78. The molecule has 0 heterocycles. The van der Waals surface area contributed by atoms with Gasteiger partial charge in [0.05, 0.1) is 18.9 Å². The smallest absolute Gasteiger partial charge is 0.145 e. The first-order chi connectivity index (χ1) is 6.83. The Bertz CT molecular complexity index is 321. The summed E-state index contributed by atoms with van der Waals surface area (Å²) in [5, 5.41) is 3.06. The van der Waals surface area contributed by atoms with Gasteiger partial charge in [-0.15, -0.1) is 0 Å². The van der Waals surface area contributed by atoms with E-state index < -0.39 is 0 Å². The normalized spacial score (nSPS) is 15.0. The molecule has 0 atom stereocenters. The van der Waals surface area contributed by atoms with Gasteiger partial charge in [-0.2, -0.15) is 0 Å². The maximum absolute atomic E-state index is 5.66. The number of rotatable bonds is 4. The lowest BCUT2D eigenvalue weighted by Crippen LogP contribution is -1.98. The van der Waals surface area contributed by atoms with Crippen LogP contribution in [0, 0.1) is 0 Å². The van der Waals surface area contributed by atoms with Crippen LogP contribution in [0.5, 0.6) is 11.5 Å². The zero-order chi connectivity index (χ0) is 9.97. The second-order valence-corrected chi connectivity index (χ2v) is 3.43. The van der Waals surface area contributed by atoms with Crippen molar-refractivity contribution < 1.29 is 9.47 Å². The van der Waals surface area contributed by atoms with Crippen LogP contribution in [0.4, 0.5) is 5.69 Å². The van der Waals surface area contributed by atoms with E-state index in [1.807, 2.05) is 25.2 Å². The third-order valence-corrected chi connectivity index (χ3v) is 2.27. The lowest BCUT2D eigenvalue weighted by molar-refractivity contribution is 0.301. The molecule has 0 saturated heterocycles. The highest BCUT2D eigenvalue weighted by Crippen LogP contribution is 2.32. The third-order valence-electron chi connectivity index (χ3n) is 2.27. The van der Waals surface area contributed by atoms with E-state index in [-0.39, 0.29) is 0 Å². The van der Waals surface area contributed by atoms with Gasteiger partial charge < -0.3 is 14.8 Å². The number of benzene rings is 1. The number of hydrogen-bond acceptors (Lipinski definition) is 3. The Morgan fingerprint density at radius 1 is 1.36 bits per heavy atom. The number of nitrogens with one attached hydrogen (secondary N) is 1. The van der Waals surface area contributed by atoms with Crippen molar-refractivity contribution in [2.45, 2.75) is 18.9 Å². The van der Waals surface area contributed by atoms with Crippen LogP contribution in [0.1, 0.15) is 12.8 Å². The fourth-order valence-corrected chi connectivity index (χ4v) is 1.33. The predicted molar refractivity (Wildman–Crippen MR) is 56.2 cm³/mol. The average Bonchev–Trinajstić information content (AvgIpc) is 3.01. The molecule has 3 nitrogen and oxygen atoms in total. The molecule has 2 rings (SSSR count). The molecular weight excluding hydrogens is 178 g/mol. The van der Waals surface area contributed by atoms with E-state index in [1.165, 1.54) is 12.8 Å². The fraction of sp³-hybridized carbons (Fsp3) is 0.455. The van der Waals surface area contributed by atoms with Gasteiger partial charge in [0.15, 0.2) is 0 Å². The van der Waals surface area contributed by atoms with Gasteiger partial charge in [-0.3, -0.25) is 0 Å². The first kappa shape index (κ1) is 9.19. The summed E-state index contributed by atoms with van der Waals surface area (Å²) in [7, 11) is 3.54. The van der Waals surface area contributed by atoms with Crippen LogP contribution >= 0.6 is 0 Å². The van der Waals surface area contributed by atoms with Gasteiger partial charge in [0.2, 0.25) is 0 Å². The van der Waals surface area contributed by atoms with Crippen molar-refractivity contribution in [1.82, 2.24) is 0 Å². The van der Waals surface area contributed by atoms with Crippen LogP contribution in [-0.4, -0.2) is 20.3 Å². The summed E-state index contributed by atoms with van der Waals surface area (Å²) in [6.45, 7) is 0. The molecule has 1 aliphatic carbocycles. The molecule has 0 aliphatic heterocycles. The molecule has 76 valence electrons. The Kier molecular flexibility index (Phi) is 2.48. The maximum Gasteiger partial charge on any atom is 0.145 e. The number of methoxy groups -OCH3 is 1. The van der Waals surface area contributed by atoms with Crippen molar-refractivity contribution in [3.63, 3.8) is 0 Å². The molecule has 1 N–H and O–H groups in total. The summed E-state index contributed by atoms with van der Waals surface area (Å²) >= 11 is 0. The van der Waals surface area contributed by atoms with Gasteiger partial charge in [0.25, 0.3) is 0 Å². The Morgan fingerprint density at radius 2 is 2.14 bits per heavy atom. The molecular formula is C11H15NO2. The van der Waals surface area contributed by atoms with Crippen LogP contribution in [0.3, 0.4) is 0 Å². The quantitative estimate of drug-likeness (QED) is 0.795. The summed E-state index contributed by atoms with van der Waals surface area (Å²) in [5.74, 6) is 1.72. The van der Waals surface area contributed by atoms with Crippen molar-refractivity contribution in [1.29, 1.82) is 0 Å². The van der Waals surface area contributed by atoms with Crippen molar-refractivity contribution in [3.8, 4) is 11.5 Å². The molecule has 0 unspecified atom stereocenters. The highest BCUT2D eigenvalue weighted by Gasteiger charge is 2.23. The molecule has 0 spiro atoms. The Morgan fingerprint density at radius 3 is 2.71 bits per heavy atom. The topological polar surface area (TPSA) is 30.5 Å². The first-order valence-electron chi connectivity index (χ1n) is 4.86. The van der Waals surface area contributed by atoms with Crippen LogP contribution in [-0.2, 0) is 0 Å². The van der Waals surface area contributed by atoms with Gasteiger partial charge in [-0.1, -0.05) is 0 Å². The van der Waals surface area contributed by atoms with Crippen molar-refractivity contribution in [3.05, 3.63) is 18.2 Å². The summed E-state index contributed by atoms with van der Waals surface area (Å²) in [5.41, 5.74) is 0.982. The van der Waals surface area contributed by atoms with Crippen molar-refractivity contribution in [2.24, 2.45) is 0 Å². The van der Waals surface area contributed by atoms with Crippen molar-refractivity contribution in [2.75, 3.05) is 19.5 Å². The van der Waals surface area contributed by atoms with E-state index in [0.717, 1.165) is 17.2 Å². The lowest BCUT2D eigenvalue weighted by atomic mass is 10.3. The third kappa shape index (κ3) is 1.92. The first-order valence-corrected chi connectivity index (χ1v) is 4.86. The fourth-order valence-electron chi connectivity index (χ4n) is 1.33. The summed E-state index contributed by atoms with van der Waals surface area (Å²) < 4.78 is 10.9. The highest BCUT2D eigenvalue weighted by molar-refractivity contribution is 5.58. The minimum atomic E-state index is 0.431. The molecule has 1 aliphatic rings. The Labute approximate surface area is 84.0 Å². The van der Waals surface area contributed by atoms with Crippen LogP contribution in [0.15, 0.2) is 18.2 Å².